The van der Waals surface area contributed by atoms with Gasteiger partial charge in [-0.3, -0.25) is 9.79 Å². The molecule has 96 valence electrons. The first-order chi connectivity index (χ1) is 9.31. The highest BCUT2D eigenvalue weighted by Crippen LogP contribution is 2.44. The molecule has 2 aliphatic carbocycles. The third kappa shape index (κ3) is 2.01. The van der Waals surface area contributed by atoms with Crippen LogP contribution < -0.4 is 0 Å². The molecule has 3 nitrogen and oxygen atoms in total. The highest BCUT2D eigenvalue weighted by Gasteiger charge is 2.29. The smallest absolute Gasteiger partial charge is 0.313 e. The molecule has 0 saturated carbocycles. The molecule has 0 aromatic heterocycles. The third-order valence-corrected chi connectivity index (χ3v) is 3.42. The van der Waals surface area contributed by atoms with Gasteiger partial charge in [-0.05, 0) is 24.1 Å². The Balaban J connectivity index is 2.11. The van der Waals surface area contributed by atoms with Gasteiger partial charge in [0.15, 0.2) is 0 Å². The van der Waals surface area contributed by atoms with E-state index >= 15 is 0 Å². The monoisotopic (exact) mass is 253 g/mol. The van der Waals surface area contributed by atoms with Gasteiger partial charge in [0.05, 0.1) is 18.2 Å². The van der Waals surface area contributed by atoms with Crippen molar-refractivity contribution in [2.45, 2.75) is 19.3 Å². The lowest BCUT2D eigenvalue weighted by atomic mass is 9.95. The quantitative estimate of drug-likeness (QED) is 0.768. The minimum atomic E-state index is -0.217. The molecule has 0 N–H and O–H groups in total. The first-order valence-electron chi connectivity index (χ1n) is 6.52. The molecule has 0 fully saturated rings. The minimum Gasteiger partial charge on any atom is -0.466 e. The van der Waals surface area contributed by atoms with Crippen LogP contribution in [0.25, 0.3) is 11.1 Å². The number of esters is 1. The summed E-state index contributed by atoms with van der Waals surface area (Å²) < 4.78 is 5.15. The summed E-state index contributed by atoms with van der Waals surface area (Å²) in [4.78, 5) is 16.5. The van der Waals surface area contributed by atoms with Gasteiger partial charge in [0.25, 0.3) is 0 Å². The van der Waals surface area contributed by atoms with Gasteiger partial charge in [-0.1, -0.05) is 30.3 Å². The molecular formula is C16H15NO2. The molecule has 3 rings (SSSR count). The number of fused-ring (bicyclic) bond motifs is 3. The summed E-state index contributed by atoms with van der Waals surface area (Å²) in [6.07, 6.45) is 2.44. The predicted octanol–water partition coefficient (Wildman–Crippen LogP) is 3.54. The maximum atomic E-state index is 12.0. The molecule has 3 aliphatic rings. The van der Waals surface area contributed by atoms with Crippen LogP contribution in [0.3, 0.4) is 0 Å². The highest BCUT2D eigenvalue weighted by molar-refractivity contribution is 5.94. The van der Waals surface area contributed by atoms with Crippen LogP contribution in [0.1, 0.15) is 24.8 Å². The zero-order chi connectivity index (χ0) is 13.2. The SMILES string of the molecule is CCOC(=O)C1CC=Nc2c3cccccc-3cc21. The predicted molar refractivity (Wildman–Crippen MR) is 75.2 cm³/mol. The van der Waals surface area contributed by atoms with E-state index in [2.05, 4.69) is 11.1 Å². The molecule has 0 amide bonds. The Hall–Kier alpha value is -2.16. The Morgan fingerprint density at radius 1 is 1.37 bits per heavy atom. The average molecular weight is 253 g/mol. The number of ether oxygens (including phenoxy) is 1. The van der Waals surface area contributed by atoms with E-state index in [1.54, 1.807) is 0 Å². The summed E-state index contributed by atoms with van der Waals surface area (Å²) in [6, 6.07) is 12.1. The van der Waals surface area contributed by atoms with Gasteiger partial charge in [0.1, 0.15) is 0 Å². The molecule has 1 aliphatic heterocycles. The molecule has 0 radical (unpaired) electrons. The lowest BCUT2D eigenvalue weighted by Crippen LogP contribution is -2.17. The number of hydrogen-bond acceptors (Lipinski definition) is 3. The molecule has 0 aromatic carbocycles. The van der Waals surface area contributed by atoms with E-state index in [1.807, 2.05) is 43.5 Å². The second-order valence-corrected chi connectivity index (χ2v) is 4.58. The van der Waals surface area contributed by atoms with E-state index in [-0.39, 0.29) is 11.9 Å². The van der Waals surface area contributed by atoms with E-state index in [0.717, 1.165) is 22.4 Å². The molecular weight excluding hydrogens is 238 g/mol. The number of rotatable bonds is 2. The van der Waals surface area contributed by atoms with Crippen molar-refractivity contribution in [2.75, 3.05) is 6.61 Å². The summed E-state index contributed by atoms with van der Waals surface area (Å²) in [5.74, 6) is -0.375. The van der Waals surface area contributed by atoms with Crippen molar-refractivity contribution in [3.05, 3.63) is 42.0 Å². The maximum Gasteiger partial charge on any atom is 0.313 e. The number of nitrogens with zero attached hydrogens (tertiary/aromatic N) is 1. The normalized spacial score (nSPS) is 17.2. The van der Waals surface area contributed by atoms with Crippen LogP contribution in [0.5, 0.6) is 0 Å². The topological polar surface area (TPSA) is 38.7 Å². The van der Waals surface area contributed by atoms with Crippen molar-refractivity contribution in [3.63, 3.8) is 0 Å². The molecule has 1 atom stereocenters. The summed E-state index contributed by atoms with van der Waals surface area (Å²) in [6.45, 7) is 2.24. The van der Waals surface area contributed by atoms with Gasteiger partial charge in [-0.15, -0.1) is 0 Å². The van der Waals surface area contributed by atoms with Gasteiger partial charge in [0.2, 0.25) is 0 Å². The zero-order valence-corrected chi connectivity index (χ0v) is 10.8. The zero-order valence-electron chi connectivity index (χ0n) is 10.8. The fraction of sp³-hybridized carbons (Fsp3) is 0.250. The van der Waals surface area contributed by atoms with Gasteiger partial charge < -0.3 is 4.74 Å². The van der Waals surface area contributed by atoms with E-state index in [0.29, 0.717) is 13.0 Å². The van der Waals surface area contributed by atoms with Crippen LogP contribution in [0.4, 0.5) is 5.69 Å². The molecule has 3 heteroatoms. The minimum absolute atomic E-state index is 0.158. The standard InChI is InChI=1S/C16H15NO2/c1-2-19-16(18)13-8-9-17-15-12-7-5-3-4-6-11(12)10-14(13)15/h3-7,9-10,13H,2,8H2,1H3. The summed E-state index contributed by atoms with van der Waals surface area (Å²) >= 11 is 0. The second kappa shape index (κ2) is 4.84. The number of carbonyl (C=O) groups is 1. The Morgan fingerprint density at radius 2 is 2.21 bits per heavy atom. The summed E-state index contributed by atoms with van der Waals surface area (Å²) in [5.41, 5.74) is 4.10. The van der Waals surface area contributed by atoms with E-state index in [4.69, 9.17) is 4.74 Å². The van der Waals surface area contributed by atoms with Crippen molar-refractivity contribution in [2.24, 2.45) is 4.99 Å². The number of hydrogen-bond donors (Lipinski definition) is 0. The number of carbonyl (C=O) groups excluding carboxylic acids is 1. The van der Waals surface area contributed by atoms with Gasteiger partial charge in [-0.25, -0.2) is 0 Å². The van der Waals surface area contributed by atoms with Crippen LogP contribution in [0, 0.1) is 0 Å². The van der Waals surface area contributed by atoms with Crippen LogP contribution in [-0.2, 0) is 9.53 Å². The van der Waals surface area contributed by atoms with E-state index < -0.39 is 0 Å². The van der Waals surface area contributed by atoms with Crippen molar-refractivity contribution >= 4 is 17.9 Å². The molecule has 0 aromatic rings. The Labute approximate surface area is 112 Å². The molecule has 1 unspecified atom stereocenters. The second-order valence-electron chi connectivity index (χ2n) is 4.58. The van der Waals surface area contributed by atoms with Crippen LogP contribution in [-0.4, -0.2) is 18.8 Å². The largest absolute Gasteiger partial charge is 0.466 e. The van der Waals surface area contributed by atoms with Crippen LogP contribution in [0.2, 0.25) is 0 Å². The Morgan fingerprint density at radius 3 is 3.05 bits per heavy atom. The number of aliphatic imine (C=N–C) groups is 1. The molecule has 0 spiro atoms. The lowest BCUT2D eigenvalue weighted by molar-refractivity contribution is -0.144. The van der Waals surface area contributed by atoms with Gasteiger partial charge in [0, 0.05) is 18.2 Å². The van der Waals surface area contributed by atoms with Crippen molar-refractivity contribution in [1.29, 1.82) is 0 Å². The van der Waals surface area contributed by atoms with Crippen LogP contribution in [0.15, 0.2) is 41.4 Å². The highest BCUT2D eigenvalue weighted by atomic mass is 16.5. The first kappa shape index (κ1) is 11.9. The van der Waals surface area contributed by atoms with E-state index in [9.17, 15) is 4.79 Å². The van der Waals surface area contributed by atoms with E-state index in [1.165, 1.54) is 0 Å². The molecule has 0 bridgehead atoms. The molecule has 0 saturated heterocycles. The van der Waals surface area contributed by atoms with Gasteiger partial charge >= 0.3 is 5.97 Å². The van der Waals surface area contributed by atoms with Crippen molar-refractivity contribution in [1.82, 2.24) is 0 Å². The lowest BCUT2D eigenvalue weighted by Gasteiger charge is -2.16. The van der Waals surface area contributed by atoms with Crippen LogP contribution >= 0.6 is 0 Å². The summed E-state index contributed by atoms with van der Waals surface area (Å²) in [7, 11) is 0. The molecule has 1 heterocycles. The van der Waals surface area contributed by atoms with Crippen molar-refractivity contribution in [3.8, 4) is 11.1 Å². The Kier molecular flexibility index (Phi) is 3.03. The summed E-state index contributed by atoms with van der Waals surface area (Å²) in [5, 5.41) is 0. The first-order valence-corrected chi connectivity index (χ1v) is 6.52. The Bertz CT molecular complexity index is 618. The molecule has 19 heavy (non-hydrogen) atoms. The maximum absolute atomic E-state index is 12.0. The fourth-order valence-corrected chi connectivity index (χ4v) is 2.55. The van der Waals surface area contributed by atoms with Crippen molar-refractivity contribution < 1.29 is 9.53 Å². The van der Waals surface area contributed by atoms with Gasteiger partial charge in [-0.2, -0.15) is 0 Å². The third-order valence-electron chi connectivity index (χ3n) is 3.42. The fourth-order valence-electron chi connectivity index (χ4n) is 2.55. The average Bonchev–Trinajstić information content (AvgIpc) is 2.61.